The Morgan fingerprint density at radius 1 is 1.12 bits per heavy atom. The summed E-state index contributed by atoms with van der Waals surface area (Å²) in [5.74, 6) is -2.12. The summed E-state index contributed by atoms with van der Waals surface area (Å²) in [6, 6.07) is 1.79. The van der Waals surface area contributed by atoms with Crippen LogP contribution >= 0.6 is 0 Å². The fourth-order valence-electron chi connectivity index (χ4n) is 1.11. The van der Waals surface area contributed by atoms with Crippen LogP contribution in [0.4, 0.5) is 0 Å². The van der Waals surface area contributed by atoms with Crippen LogP contribution < -0.4 is 0 Å². The van der Waals surface area contributed by atoms with E-state index in [1.165, 1.54) is 25.3 Å². The second-order valence-corrected chi connectivity index (χ2v) is 4.24. The molecular weight excluding hydrogens is 330 g/mol. The minimum Gasteiger partial charge on any atom is -0.478 e. The van der Waals surface area contributed by atoms with Gasteiger partial charge in [-0.1, -0.05) is 25.3 Å². The zero-order valence-corrected chi connectivity index (χ0v) is 13.9. The van der Waals surface area contributed by atoms with Crippen molar-refractivity contribution in [2.75, 3.05) is 20.3 Å². The van der Waals surface area contributed by atoms with Gasteiger partial charge >= 0.3 is 17.9 Å². The average Bonchev–Trinajstić information content (AvgIpc) is 2.59. The van der Waals surface area contributed by atoms with Crippen molar-refractivity contribution < 1.29 is 34.1 Å². The van der Waals surface area contributed by atoms with Gasteiger partial charge in [-0.15, -0.1) is 0 Å². The largest absolute Gasteiger partial charge is 0.478 e. The Morgan fingerprint density at radius 3 is 2.16 bits per heavy atom. The van der Waals surface area contributed by atoms with Gasteiger partial charge in [-0.3, -0.25) is 0 Å². The summed E-state index contributed by atoms with van der Waals surface area (Å²) in [5.41, 5.74) is 0.495. The number of carboxylic acid groups (broad SMARTS) is 1. The van der Waals surface area contributed by atoms with Gasteiger partial charge in [0.1, 0.15) is 6.61 Å². The van der Waals surface area contributed by atoms with Crippen LogP contribution in [-0.4, -0.2) is 48.4 Å². The molecule has 0 aliphatic carbocycles. The van der Waals surface area contributed by atoms with E-state index in [2.05, 4.69) is 22.6 Å². The molecule has 2 N–H and O–H groups in total. The molecule has 0 atom stereocenters. The maximum atomic E-state index is 10.9. The first-order chi connectivity index (χ1) is 11.8. The Labute approximate surface area is 146 Å². The predicted molar refractivity (Wildman–Crippen MR) is 89.1 cm³/mol. The molecular formula is C17H21NO7. The molecule has 0 aromatic heterocycles. The van der Waals surface area contributed by atoms with Gasteiger partial charge in [0.15, 0.2) is 0 Å². The molecule has 0 aromatic carbocycles. The summed E-state index contributed by atoms with van der Waals surface area (Å²) in [6.07, 6.45) is 5.56. The number of hydrogen-bond acceptors (Lipinski definition) is 7. The van der Waals surface area contributed by atoms with E-state index in [4.69, 9.17) is 15.5 Å². The Balaban J connectivity index is 0. The molecule has 8 nitrogen and oxygen atoms in total. The third kappa shape index (κ3) is 15.5. The standard InChI is InChI=1S/C9H11NO3.C8H10O4/c1-8(4-2-3-5-10)9(12)13-7-6-11;1-6(8(11)12-2)4-3-5-7(9)10/h2-3,11H,1,4,6-7H2;3,5H,1,4H2,2H3,(H,9,10). The number of nitrogens with zero attached hydrogens (tertiary/aromatic N) is 1. The Morgan fingerprint density at radius 2 is 1.68 bits per heavy atom. The Hall–Kier alpha value is -3.18. The van der Waals surface area contributed by atoms with Crippen LogP contribution in [0, 0.1) is 11.3 Å². The molecule has 0 aliphatic heterocycles. The number of carboxylic acids is 1. The fourth-order valence-corrected chi connectivity index (χ4v) is 1.11. The first kappa shape index (κ1) is 24.1. The highest BCUT2D eigenvalue weighted by molar-refractivity contribution is 5.88. The monoisotopic (exact) mass is 351 g/mol. The highest BCUT2D eigenvalue weighted by atomic mass is 16.5. The zero-order chi connectivity index (χ0) is 19.7. The summed E-state index contributed by atoms with van der Waals surface area (Å²) in [4.78, 5) is 31.6. The molecule has 8 heteroatoms. The maximum Gasteiger partial charge on any atom is 0.333 e. The number of carbonyl (C=O) groups excluding carboxylic acids is 2. The lowest BCUT2D eigenvalue weighted by Gasteiger charge is -2.02. The first-order valence-electron chi connectivity index (χ1n) is 6.96. The van der Waals surface area contributed by atoms with Crippen molar-refractivity contribution in [3.63, 3.8) is 0 Å². The van der Waals surface area contributed by atoms with Crippen molar-refractivity contribution >= 4 is 17.9 Å². The van der Waals surface area contributed by atoms with Crippen molar-refractivity contribution in [3.05, 3.63) is 48.6 Å². The van der Waals surface area contributed by atoms with Crippen LogP contribution in [-0.2, 0) is 23.9 Å². The molecule has 0 unspecified atom stereocenters. The first-order valence-corrected chi connectivity index (χ1v) is 6.96. The number of carbonyl (C=O) groups is 3. The van der Waals surface area contributed by atoms with Crippen molar-refractivity contribution in [3.8, 4) is 6.07 Å². The SMILES string of the molecule is C=C(CC=CC#N)C(=O)OCCO.C=C(CC=CC(=O)O)C(=O)OC. The van der Waals surface area contributed by atoms with E-state index in [0.717, 1.165) is 6.08 Å². The highest BCUT2D eigenvalue weighted by Gasteiger charge is 2.05. The van der Waals surface area contributed by atoms with Crippen molar-refractivity contribution in [1.29, 1.82) is 5.26 Å². The normalized spacial score (nSPS) is 9.64. The number of ether oxygens (including phenoxy) is 2. The smallest absolute Gasteiger partial charge is 0.333 e. The van der Waals surface area contributed by atoms with Crippen molar-refractivity contribution in [1.82, 2.24) is 0 Å². The molecule has 0 bridgehead atoms. The van der Waals surface area contributed by atoms with E-state index in [1.807, 2.05) is 0 Å². The molecule has 0 heterocycles. The van der Waals surface area contributed by atoms with Crippen LogP contribution in [0.25, 0.3) is 0 Å². The molecule has 0 fully saturated rings. The second kappa shape index (κ2) is 15.7. The molecule has 0 aliphatic rings. The number of aliphatic hydroxyl groups excluding tert-OH is 1. The molecule has 0 radical (unpaired) electrons. The van der Waals surface area contributed by atoms with Gasteiger partial charge in [-0.05, 0) is 12.8 Å². The molecule has 0 spiro atoms. The second-order valence-electron chi connectivity index (χ2n) is 4.24. The van der Waals surface area contributed by atoms with Gasteiger partial charge in [0, 0.05) is 23.3 Å². The molecule has 0 aromatic rings. The van der Waals surface area contributed by atoms with Gasteiger partial charge in [-0.2, -0.15) is 5.26 Å². The van der Waals surface area contributed by atoms with Gasteiger partial charge in [0.2, 0.25) is 0 Å². The lowest BCUT2D eigenvalue weighted by molar-refractivity contribution is -0.140. The Kier molecular flexibility index (Phi) is 15.1. The van der Waals surface area contributed by atoms with Crippen LogP contribution in [0.2, 0.25) is 0 Å². The van der Waals surface area contributed by atoms with Gasteiger partial charge in [0.25, 0.3) is 0 Å². The van der Waals surface area contributed by atoms with E-state index < -0.39 is 17.9 Å². The molecule has 25 heavy (non-hydrogen) atoms. The van der Waals surface area contributed by atoms with E-state index >= 15 is 0 Å². The van der Waals surface area contributed by atoms with Gasteiger partial charge < -0.3 is 19.7 Å². The van der Waals surface area contributed by atoms with Crippen LogP contribution in [0.5, 0.6) is 0 Å². The predicted octanol–water partition coefficient (Wildman–Crippen LogP) is 1.29. The number of hydrogen-bond donors (Lipinski definition) is 2. The van der Waals surface area contributed by atoms with E-state index in [-0.39, 0.29) is 37.2 Å². The van der Waals surface area contributed by atoms with E-state index in [0.29, 0.717) is 0 Å². The Bertz CT molecular complexity index is 582. The minimum absolute atomic E-state index is 0.0280. The highest BCUT2D eigenvalue weighted by Crippen LogP contribution is 2.02. The third-order valence-corrected chi connectivity index (χ3v) is 2.27. The summed E-state index contributed by atoms with van der Waals surface area (Å²) >= 11 is 0. The number of esters is 2. The molecule has 0 amide bonds. The van der Waals surface area contributed by atoms with Crippen molar-refractivity contribution in [2.24, 2.45) is 0 Å². The van der Waals surface area contributed by atoms with Crippen LogP contribution in [0.1, 0.15) is 12.8 Å². The number of nitriles is 1. The van der Waals surface area contributed by atoms with Gasteiger partial charge in [0.05, 0.1) is 19.8 Å². The molecule has 0 rings (SSSR count). The number of rotatable bonds is 9. The lowest BCUT2D eigenvalue weighted by Crippen LogP contribution is -2.09. The molecule has 0 saturated heterocycles. The van der Waals surface area contributed by atoms with Crippen molar-refractivity contribution in [2.45, 2.75) is 12.8 Å². The maximum absolute atomic E-state index is 10.9. The summed E-state index contributed by atoms with van der Waals surface area (Å²) < 4.78 is 8.93. The lowest BCUT2D eigenvalue weighted by atomic mass is 10.2. The summed E-state index contributed by atoms with van der Waals surface area (Å²) in [7, 11) is 1.24. The molecule has 136 valence electrons. The quantitative estimate of drug-likeness (QED) is 0.360. The van der Waals surface area contributed by atoms with Crippen LogP contribution in [0.15, 0.2) is 48.6 Å². The molecule has 0 saturated carbocycles. The van der Waals surface area contributed by atoms with E-state index in [9.17, 15) is 14.4 Å². The van der Waals surface area contributed by atoms with E-state index in [1.54, 1.807) is 6.07 Å². The number of allylic oxidation sites excluding steroid dienone is 3. The summed E-state index contributed by atoms with van der Waals surface area (Å²) in [6.45, 7) is 6.64. The number of methoxy groups -OCH3 is 1. The minimum atomic E-state index is -1.05. The fraction of sp³-hybridized carbons (Fsp3) is 0.294. The number of aliphatic hydroxyl groups is 1. The van der Waals surface area contributed by atoms with Crippen LogP contribution in [0.3, 0.4) is 0 Å². The summed E-state index contributed by atoms with van der Waals surface area (Å²) in [5, 5.41) is 24.7. The topological polar surface area (TPSA) is 134 Å². The average molecular weight is 351 g/mol. The van der Waals surface area contributed by atoms with Gasteiger partial charge in [-0.25, -0.2) is 14.4 Å². The third-order valence-electron chi connectivity index (χ3n) is 2.27. The zero-order valence-electron chi connectivity index (χ0n) is 13.9. The number of aliphatic carboxylic acids is 1.